The molecule has 0 spiro atoms. The molecule has 0 fully saturated rings. The Kier molecular flexibility index (Phi) is 3.80. The Hall–Kier alpha value is -1.06. The van der Waals surface area contributed by atoms with Crippen molar-refractivity contribution in [2.75, 3.05) is 6.54 Å². The molecule has 0 aliphatic rings. The van der Waals surface area contributed by atoms with Gasteiger partial charge in [-0.15, -0.1) is 0 Å². The summed E-state index contributed by atoms with van der Waals surface area (Å²) in [5.74, 6) is 2.02. The fraction of sp³-hybridized carbons (Fsp3) is 0.385. The predicted molar refractivity (Wildman–Crippen MR) is 67.9 cm³/mol. The van der Waals surface area contributed by atoms with E-state index in [0.29, 0.717) is 0 Å². The number of rotatable bonds is 5. The van der Waals surface area contributed by atoms with Gasteiger partial charge in [0.2, 0.25) is 0 Å². The molecule has 0 unspecified atom stereocenters. The van der Waals surface area contributed by atoms with Crippen molar-refractivity contribution in [1.29, 1.82) is 0 Å². The molecule has 2 nitrogen and oxygen atoms in total. The monoisotopic (exact) mass is 235 g/mol. The molecule has 0 saturated carbocycles. The standard InChI is InChI=1S/C13H17NOS/c1-10-7-13(11(2)15-10)8-14-5-3-12-4-6-16-9-12/h4,6-7,9,14H,3,5,8H2,1-2H3. The first kappa shape index (κ1) is 11.4. The van der Waals surface area contributed by atoms with Gasteiger partial charge >= 0.3 is 0 Å². The minimum absolute atomic E-state index is 0.896. The van der Waals surface area contributed by atoms with Crippen LogP contribution in [0.15, 0.2) is 27.3 Å². The van der Waals surface area contributed by atoms with E-state index >= 15 is 0 Å². The lowest BCUT2D eigenvalue weighted by Gasteiger charge is -2.02. The Bertz CT molecular complexity index is 431. The number of thiophene rings is 1. The molecule has 2 aromatic rings. The second kappa shape index (κ2) is 5.32. The second-order valence-corrected chi connectivity index (χ2v) is 4.78. The zero-order valence-electron chi connectivity index (χ0n) is 9.75. The first-order valence-electron chi connectivity index (χ1n) is 5.53. The van der Waals surface area contributed by atoms with E-state index in [1.165, 1.54) is 11.1 Å². The molecule has 2 rings (SSSR count). The molecule has 0 aromatic carbocycles. The van der Waals surface area contributed by atoms with E-state index in [-0.39, 0.29) is 0 Å². The van der Waals surface area contributed by atoms with Crippen LogP contribution in [0.25, 0.3) is 0 Å². The van der Waals surface area contributed by atoms with Crippen molar-refractivity contribution in [3.05, 3.63) is 45.5 Å². The van der Waals surface area contributed by atoms with Crippen molar-refractivity contribution in [1.82, 2.24) is 5.32 Å². The average molecular weight is 235 g/mol. The van der Waals surface area contributed by atoms with Crippen molar-refractivity contribution in [3.8, 4) is 0 Å². The Morgan fingerprint density at radius 1 is 1.38 bits per heavy atom. The lowest BCUT2D eigenvalue weighted by atomic mass is 10.2. The topological polar surface area (TPSA) is 25.2 Å². The summed E-state index contributed by atoms with van der Waals surface area (Å²) >= 11 is 1.76. The Morgan fingerprint density at radius 2 is 2.25 bits per heavy atom. The highest BCUT2D eigenvalue weighted by Gasteiger charge is 2.03. The van der Waals surface area contributed by atoms with Crippen LogP contribution < -0.4 is 5.32 Å². The van der Waals surface area contributed by atoms with Crippen LogP contribution in [0.1, 0.15) is 22.6 Å². The van der Waals surface area contributed by atoms with Gasteiger partial charge in [-0.3, -0.25) is 0 Å². The van der Waals surface area contributed by atoms with Crippen LogP contribution in [0.4, 0.5) is 0 Å². The van der Waals surface area contributed by atoms with Gasteiger partial charge in [0.1, 0.15) is 11.5 Å². The van der Waals surface area contributed by atoms with Gasteiger partial charge in [-0.05, 0) is 55.3 Å². The zero-order chi connectivity index (χ0) is 11.4. The van der Waals surface area contributed by atoms with Gasteiger partial charge in [0.25, 0.3) is 0 Å². The van der Waals surface area contributed by atoms with E-state index in [9.17, 15) is 0 Å². The van der Waals surface area contributed by atoms with Gasteiger partial charge in [0.05, 0.1) is 0 Å². The molecule has 0 aliphatic carbocycles. The van der Waals surface area contributed by atoms with Crippen LogP contribution in [-0.4, -0.2) is 6.54 Å². The minimum Gasteiger partial charge on any atom is -0.466 e. The highest BCUT2D eigenvalue weighted by Crippen LogP contribution is 2.13. The van der Waals surface area contributed by atoms with Gasteiger partial charge in [-0.1, -0.05) is 0 Å². The number of hydrogen-bond acceptors (Lipinski definition) is 3. The van der Waals surface area contributed by atoms with Crippen molar-refractivity contribution >= 4 is 11.3 Å². The largest absolute Gasteiger partial charge is 0.466 e. The van der Waals surface area contributed by atoms with Crippen molar-refractivity contribution < 1.29 is 4.42 Å². The molecular formula is C13H17NOS. The van der Waals surface area contributed by atoms with Crippen LogP contribution in [-0.2, 0) is 13.0 Å². The van der Waals surface area contributed by atoms with Gasteiger partial charge in [0.15, 0.2) is 0 Å². The van der Waals surface area contributed by atoms with Crippen LogP contribution in [0, 0.1) is 13.8 Å². The molecule has 2 aromatic heterocycles. The van der Waals surface area contributed by atoms with E-state index in [2.05, 4.69) is 28.2 Å². The average Bonchev–Trinajstić information content (AvgIpc) is 2.84. The fourth-order valence-electron chi connectivity index (χ4n) is 1.75. The minimum atomic E-state index is 0.896. The van der Waals surface area contributed by atoms with E-state index in [0.717, 1.165) is 31.0 Å². The third-order valence-corrected chi connectivity index (χ3v) is 3.36. The van der Waals surface area contributed by atoms with Crippen molar-refractivity contribution in [3.63, 3.8) is 0 Å². The number of furan rings is 1. The lowest BCUT2D eigenvalue weighted by Crippen LogP contribution is -2.16. The molecule has 86 valence electrons. The fourth-order valence-corrected chi connectivity index (χ4v) is 2.45. The summed E-state index contributed by atoms with van der Waals surface area (Å²) in [5.41, 5.74) is 2.68. The van der Waals surface area contributed by atoms with E-state index in [4.69, 9.17) is 4.42 Å². The third-order valence-electron chi connectivity index (χ3n) is 2.63. The molecule has 0 radical (unpaired) electrons. The summed E-state index contributed by atoms with van der Waals surface area (Å²) in [7, 11) is 0. The maximum atomic E-state index is 5.48. The molecule has 0 aliphatic heterocycles. The summed E-state index contributed by atoms with van der Waals surface area (Å²) < 4.78 is 5.48. The van der Waals surface area contributed by atoms with E-state index < -0.39 is 0 Å². The van der Waals surface area contributed by atoms with Crippen molar-refractivity contribution in [2.24, 2.45) is 0 Å². The van der Waals surface area contributed by atoms with Crippen molar-refractivity contribution in [2.45, 2.75) is 26.8 Å². The molecular weight excluding hydrogens is 218 g/mol. The summed E-state index contributed by atoms with van der Waals surface area (Å²) in [6.45, 7) is 5.92. The highest BCUT2D eigenvalue weighted by molar-refractivity contribution is 7.07. The highest BCUT2D eigenvalue weighted by atomic mass is 32.1. The number of aryl methyl sites for hydroxylation is 2. The molecule has 1 N–H and O–H groups in total. The first-order chi connectivity index (χ1) is 7.75. The van der Waals surface area contributed by atoms with Crippen LogP contribution in [0.5, 0.6) is 0 Å². The molecule has 16 heavy (non-hydrogen) atoms. The maximum Gasteiger partial charge on any atom is 0.105 e. The first-order valence-corrected chi connectivity index (χ1v) is 6.47. The molecule has 0 bridgehead atoms. The van der Waals surface area contributed by atoms with Crippen LogP contribution in [0.2, 0.25) is 0 Å². The smallest absolute Gasteiger partial charge is 0.105 e. The molecule has 0 saturated heterocycles. The lowest BCUT2D eigenvalue weighted by molar-refractivity contribution is 0.499. The zero-order valence-corrected chi connectivity index (χ0v) is 10.6. The van der Waals surface area contributed by atoms with Gasteiger partial charge in [-0.2, -0.15) is 11.3 Å². The summed E-state index contributed by atoms with van der Waals surface area (Å²) in [6.07, 6.45) is 1.10. The summed E-state index contributed by atoms with van der Waals surface area (Å²) in [6, 6.07) is 4.28. The predicted octanol–water partition coefficient (Wildman–Crippen LogP) is 3.29. The van der Waals surface area contributed by atoms with Gasteiger partial charge < -0.3 is 9.73 Å². The number of hydrogen-bond donors (Lipinski definition) is 1. The molecule has 3 heteroatoms. The molecule has 0 atom stereocenters. The molecule has 0 amide bonds. The molecule has 2 heterocycles. The third kappa shape index (κ3) is 2.97. The maximum absolute atomic E-state index is 5.48. The van der Waals surface area contributed by atoms with E-state index in [1.54, 1.807) is 11.3 Å². The number of nitrogens with one attached hydrogen (secondary N) is 1. The summed E-state index contributed by atoms with van der Waals surface area (Å²) in [4.78, 5) is 0. The normalized spacial score (nSPS) is 10.9. The quantitative estimate of drug-likeness (QED) is 0.804. The Balaban J connectivity index is 1.74. The van der Waals surface area contributed by atoms with E-state index in [1.807, 2.05) is 13.8 Å². The summed E-state index contributed by atoms with van der Waals surface area (Å²) in [5, 5.41) is 7.77. The SMILES string of the molecule is Cc1cc(CNCCc2ccsc2)c(C)o1. The van der Waals surface area contributed by atoms with Gasteiger partial charge in [0, 0.05) is 12.1 Å². The second-order valence-electron chi connectivity index (χ2n) is 4.00. The Morgan fingerprint density at radius 3 is 2.88 bits per heavy atom. The van der Waals surface area contributed by atoms with Gasteiger partial charge in [-0.25, -0.2) is 0 Å². The van der Waals surface area contributed by atoms with Crippen LogP contribution >= 0.6 is 11.3 Å². The Labute approximate surface area is 100 Å². The van der Waals surface area contributed by atoms with Crippen LogP contribution in [0.3, 0.4) is 0 Å².